The first kappa shape index (κ1) is 29.9. The van der Waals surface area contributed by atoms with Crippen LogP contribution in [0.5, 0.6) is 0 Å². The fraction of sp³-hybridized carbons (Fsp3) is 0.192. The zero-order valence-electron chi connectivity index (χ0n) is 29.9. The Bertz CT molecular complexity index is 2730. The van der Waals surface area contributed by atoms with Crippen LogP contribution in [-0.2, 0) is 5.41 Å². The van der Waals surface area contributed by atoms with Gasteiger partial charge in [0.2, 0.25) is 0 Å². The maximum absolute atomic E-state index is 2.55. The van der Waals surface area contributed by atoms with E-state index in [4.69, 9.17) is 0 Å². The van der Waals surface area contributed by atoms with Gasteiger partial charge in [0.1, 0.15) is 0 Å². The van der Waals surface area contributed by atoms with E-state index in [9.17, 15) is 0 Å². The summed E-state index contributed by atoms with van der Waals surface area (Å²) in [5, 5.41) is 7.70. The van der Waals surface area contributed by atoms with Crippen molar-refractivity contribution >= 4 is 49.4 Å². The van der Waals surface area contributed by atoms with E-state index < -0.39 is 0 Å². The molecule has 5 aliphatic rings. The van der Waals surface area contributed by atoms with Gasteiger partial charge < -0.3 is 4.90 Å². The van der Waals surface area contributed by atoms with Gasteiger partial charge in [-0.3, -0.25) is 0 Å². The standard InChI is InChI=1S/C52H41N/c1-2-9-38-31-44(21-17-35(38)7-1)53(43-19-15-36(16-20-43)39-18-23-47-40(30-39)14-13-37-8-3-4-10-46(37)47)45-22-24-51-49(32-45)48-11-5-6-12-50(48)52(51)41-26-33-25-34(28-41)29-42(52)27-33/h1-24,30-34,41-42H,25-29H2. The molecule has 1 heteroatoms. The average Bonchev–Trinajstić information content (AvgIpc) is 3.50. The molecule has 1 nitrogen and oxygen atoms in total. The van der Waals surface area contributed by atoms with Crippen LogP contribution in [0.25, 0.3) is 54.6 Å². The third kappa shape index (κ3) is 4.31. The van der Waals surface area contributed by atoms with Crippen LogP contribution in [0.4, 0.5) is 17.1 Å². The summed E-state index contributed by atoms with van der Waals surface area (Å²) in [4.78, 5) is 2.48. The molecule has 0 amide bonds. The highest BCUT2D eigenvalue weighted by molar-refractivity contribution is 6.08. The highest BCUT2D eigenvalue weighted by Gasteiger charge is 2.61. The molecule has 1 spiro atoms. The summed E-state index contributed by atoms with van der Waals surface area (Å²) in [7, 11) is 0. The Morgan fingerprint density at radius 2 is 0.962 bits per heavy atom. The van der Waals surface area contributed by atoms with Gasteiger partial charge in [-0.1, -0.05) is 121 Å². The number of hydrogen-bond donors (Lipinski definition) is 0. The van der Waals surface area contributed by atoms with Gasteiger partial charge in [-0.05, 0) is 164 Å². The third-order valence-electron chi connectivity index (χ3n) is 14.0. The Balaban J connectivity index is 0.989. The molecular formula is C52H41N. The zero-order chi connectivity index (χ0) is 34.7. The lowest BCUT2D eigenvalue weighted by molar-refractivity contribution is -0.0399. The summed E-state index contributed by atoms with van der Waals surface area (Å²) in [6, 6.07) is 62.0. The van der Waals surface area contributed by atoms with E-state index in [1.807, 2.05) is 0 Å². The molecule has 4 bridgehead atoms. The lowest BCUT2D eigenvalue weighted by Gasteiger charge is -2.61. The van der Waals surface area contributed by atoms with Crippen LogP contribution in [0.3, 0.4) is 0 Å². The number of benzene rings is 8. The van der Waals surface area contributed by atoms with Gasteiger partial charge in [0, 0.05) is 22.5 Å². The van der Waals surface area contributed by atoms with Gasteiger partial charge in [-0.15, -0.1) is 0 Å². The molecule has 0 atom stereocenters. The second-order valence-electron chi connectivity index (χ2n) is 16.6. The molecule has 254 valence electrons. The van der Waals surface area contributed by atoms with Crippen molar-refractivity contribution in [3.05, 3.63) is 175 Å². The van der Waals surface area contributed by atoms with Crippen molar-refractivity contribution in [1.29, 1.82) is 0 Å². The molecule has 5 aliphatic carbocycles. The first-order valence-corrected chi connectivity index (χ1v) is 19.8. The van der Waals surface area contributed by atoms with E-state index in [2.05, 4.69) is 169 Å². The molecule has 8 aromatic rings. The Morgan fingerprint density at radius 1 is 0.377 bits per heavy atom. The van der Waals surface area contributed by atoms with E-state index >= 15 is 0 Å². The van der Waals surface area contributed by atoms with E-state index in [-0.39, 0.29) is 5.41 Å². The monoisotopic (exact) mass is 679 g/mol. The molecule has 4 fully saturated rings. The van der Waals surface area contributed by atoms with Gasteiger partial charge in [0.25, 0.3) is 0 Å². The van der Waals surface area contributed by atoms with Crippen molar-refractivity contribution in [2.45, 2.75) is 37.5 Å². The van der Waals surface area contributed by atoms with Crippen molar-refractivity contribution < 1.29 is 0 Å². The Hall–Kier alpha value is -5.66. The summed E-state index contributed by atoms with van der Waals surface area (Å²) in [5.41, 5.74) is 12.4. The van der Waals surface area contributed by atoms with E-state index in [0.717, 1.165) is 23.7 Å². The minimum Gasteiger partial charge on any atom is -0.310 e. The lowest BCUT2D eigenvalue weighted by Crippen LogP contribution is -2.55. The van der Waals surface area contributed by atoms with Crippen molar-refractivity contribution in [2.24, 2.45) is 23.7 Å². The normalized spacial score (nSPS) is 23.5. The summed E-state index contributed by atoms with van der Waals surface area (Å²) >= 11 is 0. The molecule has 0 N–H and O–H groups in total. The molecule has 0 aromatic heterocycles. The van der Waals surface area contributed by atoms with Gasteiger partial charge in [0.05, 0.1) is 0 Å². The number of hydrogen-bond acceptors (Lipinski definition) is 1. The Morgan fingerprint density at radius 3 is 1.79 bits per heavy atom. The fourth-order valence-electron chi connectivity index (χ4n) is 12.0. The predicted molar refractivity (Wildman–Crippen MR) is 222 cm³/mol. The molecule has 53 heavy (non-hydrogen) atoms. The molecule has 0 radical (unpaired) electrons. The van der Waals surface area contributed by atoms with E-state index in [1.165, 1.54) is 104 Å². The lowest BCUT2D eigenvalue weighted by atomic mass is 9.43. The van der Waals surface area contributed by atoms with Gasteiger partial charge >= 0.3 is 0 Å². The summed E-state index contributed by atoms with van der Waals surface area (Å²) < 4.78 is 0. The summed E-state index contributed by atoms with van der Waals surface area (Å²) in [6.45, 7) is 0. The van der Waals surface area contributed by atoms with Crippen molar-refractivity contribution in [2.75, 3.05) is 4.90 Å². The minimum absolute atomic E-state index is 0.180. The molecule has 0 saturated heterocycles. The van der Waals surface area contributed by atoms with E-state index in [1.54, 1.807) is 11.1 Å². The Labute approximate surface area is 311 Å². The largest absolute Gasteiger partial charge is 0.310 e. The van der Waals surface area contributed by atoms with Crippen LogP contribution in [0.1, 0.15) is 43.2 Å². The third-order valence-corrected chi connectivity index (χ3v) is 14.0. The molecule has 0 unspecified atom stereocenters. The van der Waals surface area contributed by atoms with Crippen LogP contribution in [0.2, 0.25) is 0 Å². The minimum atomic E-state index is 0.180. The highest BCUT2D eigenvalue weighted by atomic mass is 15.1. The quantitative estimate of drug-likeness (QED) is 0.167. The van der Waals surface area contributed by atoms with Gasteiger partial charge in [-0.25, -0.2) is 0 Å². The SMILES string of the molecule is c1ccc2c(c1)-c1cc(N(c3ccc(-c4ccc5c(ccc6ccccc65)c4)cc3)c3ccc4ccccc4c3)ccc1C21C2CC3CC(C2)CC1C3. The smallest absolute Gasteiger partial charge is 0.0468 e. The van der Waals surface area contributed by atoms with Crippen molar-refractivity contribution in [3.63, 3.8) is 0 Å². The fourth-order valence-corrected chi connectivity index (χ4v) is 12.0. The van der Waals surface area contributed by atoms with E-state index in [0.29, 0.717) is 0 Å². The number of nitrogens with zero attached hydrogens (tertiary/aromatic N) is 1. The molecule has 8 aromatic carbocycles. The maximum atomic E-state index is 2.55. The van der Waals surface area contributed by atoms with Crippen LogP contribution in [0.15, 0.2) is 164 Å². The topological polar surface area (TPSA) is 3.24 Å². The second-order valence-corrected chi connectivity index (χ2v) is 16.6. The summed E-state index contributed by atoms with van der Waals surface area (Å²) in [6.07, 6.45) is 7.11. The van der Waals surface area contributed by atoms with Crippen molar-refractivity contribution in [3.8, 4) is 22.3 Å². The van der Waals surface area contributed by atoms with Crippen LogP contribution >= 0.6 is 0 Å². The number of anilines is 3. The second kappa shape index (κ2) is 11.2. The predicted octanol–water partition coefficient (Wildman–Crippen LogP) is 14.0. The number of rotatable bonds is 4. The van der Waals surface area contributed by atoms with Crippen LogP contribution < -0.4 is 4.90 Å². The number of fused-ring (bicyclic) bond motifs is 7. The molecule has 0 heterocycles. The van der Waals surface area contributed by atoms with Gasteiger partial charge in [0.15, 0.2) is 0 Å². The molecule has 0 aliphatic heterocycles. The maximum Gasteiger partial charge on any atom is 0.0468 e. The van der Waals surface area contributed by atoms with Crippen molar-refractivity contribution in [1.82, 2.24) is 0 Å². The average molecular weight is 680 g/mol. The first-order valence-electron chi connectivity index (χ1n) is 19.8. The molecular weight excluding hydrogens is 639 g/mol. The summed E-state index contributed by atoms with van der Waals surface area (Å²) in [5.74, 6) is 3.42. The molecule has 4 saturated carbocycles. The van der Waals surface area contributed by atoms with Crippen LogP contribution in [0, 0.1) is 23.7 Å². The zero-order valence-corrected chi connectivity index (χ0v) is 29.9. The highest BCUT2D eigenvalue weighted by Crippen LogP contribution is 2.69. The first-order chi connectivity index (χ1) is 26.2. The van der Waals surface area contributed by atoms with Gasteiger partial charge in [-0.2, -0.15) is 0 Å². The Kier molecular flexibility index (Phi) is 6.30. The molecule has 13 rings (SSSR count). The van der Waals surface area contributed by atoms with Crippen LogP contribution in [-0.4, -0.2) is 0 Å².